The first-order chi connectivity index (χ1) is 13.6. The largest absolute Gasteiger partial charge is 0.350 e. The highest BCUT2D eigenvalue weighted by Gasteiger charge is 2.20. The smallest absolute Gasteiger partial charge is 0.349 e. The number of carbonyl (C=O) groups is 2. The van der Waals surface area contributed by atoms with Gasteiger partial charge in [-0.05, 0) is 37.1 Å². The van der Waals surface area contributed by atoms with Gasteiger partial charge in [0.05, 0.1) is 11.3 Å². The van der Waals surface area contributed by atoms with Gasteiger partial charge in [0.1, 0.15) is 6.54 Å². The second-order valence-corrected chi connectivity index (χ2v) is 6.92. The fraction of sp³-hybridized carbons (Fsp3) is 0.300. The van der Waals surface area contributed by atoms with E-state index < -0.39 is 11.6 Å². The molecule has 1 fully saturated rings. The highest BCUT2D eigenvalue weighted by Crippen LogP contribution is 2.20. The highest BCUT2D eigenvalue weighted by atomic mass is 16.2. The Morgan fingerprint density at radius 2 is 1.82 bits per heavy atom. The van der Waals surface area contributed by atoms with Crippen LogP contribution in [0.15, 0.2) is 53.5 Å². The van der Waals surface area contributed by atoms with Crippen molar-refractivity contribution in [1.29, 1.82) is 0 Å². The van der Waals surface area contributed by atoms with Gasteiger partial charge in [0.2, 0.25) is 5.91 Å². The molecule has 2 amide bonds. The summed E-state index contributed by atoms with van der Waals surface area (Å²) >= 11 is 0. The van der Waals surface area contributed by atoms with Crippen molar-refractivity contribution in [2.24, 2.45) is 0 Å². The Labute approximate surface area is 161 Å². The Morgan fingerprint density at radius 1 is 1.07 bits per heavy atom. The van der Waals surface area contributed by atoms with Crippen LogP contribution < -0.4 is 16.3 Å². The number of hydrogen-bond acceptors (Lipinski definition) is 4. The molecule has 3 aromatic rings. The van der Waals surface area contributed by atoms with E-state index in [0.29, 0.717) is 16.9 Å². The maximum atomic E-state index is 12.6. The molecule has 0 saturated heterocycles. The summed E-state index contributed by atoms with van der Waals surface area (Å²) in [6.45, 7) is -0.237. The van der Waals surface area contributed by atoms with Gasteiger partial charge in [-0.15, -0.1) is 5.10 Å². The lowest BCUT2D eigenvalue weighted by atomic mass is 10.1. The molecular formula is C20H21N5O3. The zero-order valence-corrected chi connectivity index (χ0v) is 15.3. The molecule has 2 N–H and O–H groups in total. The molecule has 8 heteroatoms. The van der Waals surface area contributed by atoms with Crippen LogP contribution in [0, 0.1) is 0 Å². The molecule has 0 unspecified atom stereocenters. The monoisotopic (exact) mass is 379 g/mol. The number of hydrogen-bond donors (Lipinski definition) is 2. The molecule has 0 atom stereocenters. The lowest BCUT2D eigenvalue weighted by Crippen LogP contribution is -2.33. The van der Waals surface area contributed by atoms with Crippen molar-refractivity contribution >= 4 is 23.1 Å². The summed E-state index contributed by atoms with van der Waals surface area (Å²) in [6, 6.07) is 12.2. The number of nitrogens with zero attached hydrogens (tertiary/aromatic N) is 3. The van der Waals surface area contributed by atoms with Gasteiger partial charge in [0, 0.05) is 12.2 Å². The van der Waals surface area contributed by atoms with E-state index in [4.69, 9.17) is 0 Å². The van der Waals surface area contributed by atoms with Crippen LogP contribution in [-0.4, -0.2) is 32.0 Å². The van der Waals surface area contributed by atoms with Gasteiger partial charge in [0.15, 0.2) is 5.65 Å². The summed E-state index contributed by atoms with van der Waals surface area (Å²) in [5, 5.41) is 9.90. The van der Waals surface area contributed by atoms with Gasteiger partial charge in [-0.25, -0.2) is 9.48 Å². The van der Waals surface area contributed by atoms with E-state index in [2.05, 4.69) is 15.7 Å². The summed E-state index contributed by atoms with van der Waals surface area (Å²) in [5.41, 5.74) is 0.902. The summed E-state index contributed by atoms with van der Waals surface area (Å²) in [7, 11) is 0. The molecule has 0 radical (unpaired) electrons. The second kappa shape index (κ2) is 7.67. The maximum Gasteiger partial charge on any atom is 0.350 e. The fourth-order valence-corrected chi connectivity index (χ4v) is 3.52. The summed E-state index contributed by atoms with van der Waals surface area (Å²) in [4.78, 5) is 37.4. The Morgan fingerprint density at radius 3 is 2.61 bits per heavy atom. The molecule has 1 saturated carbocycles. The summed E-state index contributed by atoms with van der Waals surface area (Å²) in [6.07, 6.45) is 5.81. The Bertz CT molecular complexity index is 1080. The van der Waals surface area contributed by atoms with Crippen LogP contribution in [0.2, 0.25) is 0 Å². The Balaban J connectivity index is 1.49. The van der Waals surface area contributed by atoms with Crippen molar-refractivity contribution in [2.45, 2.75) is 38.3 Å². The van der Waals surface area contributed by atoms with Crippen molar-refractivity contribution in [1.82, 2.24) is 19.5 Å². The number of fused-ring (bicyclic) bond motifs is 1. The van der Waals surface area contributed by atoms with Crippen LogP contribution in [0.25, 0.3) is 5.65 Å². The van der Waals surface area contributed by atoms with Crippen molar-refractivity contribution in [3.05, 3.63) is 64.7 Å². The molecular weight excluding hydrogens is 358 g/mol. The molecule has 144 valence electrons. The molecule has 1 aromatic carbocycles. The highest BCUT2D eigenvalue weighted by molar-refractivity contribution is 6.03. The Kier molecular flexibility index (Phi) is 4.92. The number of benzene rings is 1. The molecule has 0 bridgehead atoms. The van der Waals surface area contributed by atoms with Gasteiger partial charge in [0.25, 0.3) is 5.91 Å². The zero-order chi connectivity index (χ0) is 19.5. The van der Waals surface area contributed by atoms with E-state index in [-0.39, 0.29) is 18.5 Å². The van der Waals surface area contributed by atoms with Crippen LogP contribution >= 0.6 is 0 Å². The number of nitrogens with one attached hydrogen (secondary N) is 2. The van der Waals surface area contributed by atoms with E-state index in [1.54, 1.807) is 48.7 Å². The molecule has 0 spiro atoms. The predicted octanol–water partition coefficient (Wildman–Crippen LogP) is 1.81. The number of rotatable bonds is 5. The van der Waals surface area contributed by atoms with Gasteiger partial charge in [-0.2, -0.15) is 0 Å². The second-order valence-electron chi connectivity index (χ2n) is 6.92. The van der Waals surface area contributed by atoms with Crippen molar-refractivity contribution in [3.63, 3.8) is 0 Å². The first-order valence-corrected chi connectivity index (χ1v) is 9.36. The van der Waals surface area contributed by atoms with Crippen molar-refractivity contribution < 1.29 is 9.59 Å². The Hall–Kier alpha value is -3.42. The van der Waals surface area contributed by atoms with Crippen LogP contribution in [0.3, 0.4) is 0 Å². The molecule has 2 heterocycles. The summed E-state index contributed by atoms with van der Waals surface area (Å²) in [5.74, 6) is -0.626. The predicted molar refractivity (Wildman–Crippen MR) is 104 cm³/mol. The minimum absolute atomic E-state index is 0.188. The average Bonchev–Trinajstić information content (AvgIpc) is 3.31. The normalized spacial score (nSPS) is 14.3. The van der Waals surface area contributed by atoms with E-state index in [1.807, 2.05) is 0 Å². The van der Waals surface area contributed by atoms with Crippen LogP contribution in [-0.2, 0) is 11.3 Å². The minimum atomic E-state index is -0.424. The van der Waals surface area contributed by atoms with E-state index >= 15 is 0 Å². The molecule has 8 nitrogen and oxygen atoms in total. The van der Waals surface area contributed by atoms with Gasteiger partial charge < -0.3 is 10.6 Å². The van der Waals surface area contributed by atoms with Gasteiger partial charge in [-0.1, -0.05) is 31.0 Å². The zero-order valence-electron chi connectivity index (χ0n) is 15.3. The maximum absolute atomic E-state index is 12.6. The quantitative estimate of drug-likeness (QED) is 0.706. The number of amides is 2. The average molecular weight is 379 g/mol. The first kappa shape index (κ1) is 18.0. The lowest BCUT2D eigenvalue weighted by Gasteiger charge is -2.15. The molecule has 0 aliphatic heterocycles. The number of aromatic nitrogens is 3. The molecule has 2 aromatic heterocycles. The molecule has 1 aliphatic carbocycles. The topological polar surface area (TPSA) is 97.5 Å². The third kappa shape index (κ3) is 3.66. The SMILES string of the molecule is O=C(Cn1nc2ccccn2c1=O)Nc1ccccc1C(=O)NC1CCCC1. The van der Waals surface area contributed by atoms with Gasteiger partial charge in [-0.3, -0.25) is 14.0 Å². The third-order valence-electron chi connectivity index (χ3n) is 4.92. The van der Waals surface area contributed by atoms with E-state index in [1.165, 1.54) is 4.40 Å². The van der Waals surface area contributed by atoms with Crippen LogP contribution in [0.5, 0.6) is 0 Å². The lowest BCUT2D eigenvalue weighted by molar-refractivity contribution is -0.117. The minimum Gasteiger partial charge on any atom is -0.349 e. The van der Waals surface area contributed by atoms with Crippen molar-refractivity contribution in [3.8, 4) is 0 Å². The van der Waals surface area contributed by atoms with E-state index in [0.717, 1.165) is 30.4 Å². The number of pyridine rings is 1. The number of carbonyl (C=O) groups excluding carboxylic acids is 2. The van der Waals surface area contributed by atoms with E-state index in [9.17, 15) is 14.4 Å². The first-order valence-electron chi connectivity index (χ1n) is 9.36. The van der Waals surface area contributed by atoms with Crippen LogP contribution in [0.4, 0.5) is 5.69 Å². The number of anilines is 1. The third-order valence-corrected chi connectivity index (χ3v) is 4.92. The summed E-state index contributed by atoms with van der Waals surface area (Å²) < 4.78 is 2.47. The van der Waals surface area contributed by atoms with Crippen LogP contribution in [0.1, 0.15) is 36.0 Å². The molecule has 1 aliphatic rings. The molecule has 4 rings (SSSR count). The number of para-hydroxylation sites is 1. The standard InChI is InChI=1S/C20H21N5O3/c26-18(13-25-20(28)24-12-6-5-11-17(24)23-25)22-16-10-4-3-9-15(16)19(27)21-14-7-1-2-8-14/h3-6,9-12,14H,1-2,7-8,13H2,(H,21,27)(H,22,26). The fourth-order valence-electron chi connectivity index (χ4n) is 3.52. The molecule has 28 heavy (non-hydrogen) atoms. The van der Waals surface area contributed by atoms with Crippen molar-refractivity contribution in [2.75, 3.05) is 5.32 Å². The van der Waals surface area contributed by atoms with Gasteiger partial charge >= 0.3 is 5.69 Å².